The lowest BCUT2D eigenvalue weighted by molar-refractivity contribution is 0.0601. The fraction of sp³-hybridized carbons (Fsp3) is 0.0769. The number of pyridine rings is 1. The van der Waals surface area contributed by atoms with Gasteiger partial charge in [0.05, 0.1) is 12.7 Å². The molecule has 0 fully saturated rings. The van der Waals surface area contributed by atoms with Crippen molar-refractivity contribution in [3.8, 4) is 11.1 Å². The lowest BCUT2D eigenvalue weighted by Crippen LogP contribution is -2.04. The maximum atomic E-state index is 11.6. The molecule has 2 aromatic rings. The quantitative estimate of drug-likeness (QED) is 0.797. The van der Waals surface area contributed by atoms with Gasteiger partial charge >= 0.3 is 5.97 Å². The summed E-state index contributed by atoms with van der Waals surface area (Å²) >= 11 is 3.41. The molecule has 0 atom stereocenters. The van der Waals surface area contributed by atoms with Crippen LogP contribution in [0.1, 0.15) is 10.4 Å². The number of methoxy groups -OCH3 is 1. The van der Waals surface area contributed by atoms with E-state index in [-0.39, 0.29) is 5.97 Å². The van der Waals surface area contributed by atoms with Crippen molar-refractivity contribution in [1.29, 1.82) is 0 Å². The topological polar surface area (TPSA) is 39.2 Å². The van der Waals surface area contributed by atoms with Crippen LogP contribution in [0.5, 0.6) is 0 Å². The summed E-state index contributed by atoms with van der Waals surface area (Å²) in [4.78, 5) is 15.6. The van der Waals surface area contributed by atoms with Crippen LogP contribution in [0.2, 0.25) is 0 Å². The third kappa shape index (κ3) is 2.53. The van der Waals surface area contributed by atoms with Crippen LogP contribution in [0, 0.1) is 0 Å². The van der Waals surface area contributed by atoms with Gasteiger partial charge in [0.1, 0.15) is 0 Å². The largest absolute Gasteiger partial charge is 0.465 e. The van der Waals surface area contributed by atoms with E-state index in [9.17, 15) is 4.79 Å². The molecule has 0 amide bonds. The number of ether oxygens (including phenoxy) is 1. The molecule has 0 bridgehead atoms. The van der Waals surface area contributed by atoms with Crippen LogP contribution in [-0.2, 0) is 4.74 Å². The summed E-state index contributed by atoms with van der Waals surface area (Å²) in [5, 5.41) is 0. The molecule has 0 N–H and O–H groups in total. The first-order chi connectivity index (χ1) is 8.22. The van der Waals surface area contributed by atoms with Gasteiger partial charge in [-0.05, 0) is 29.3 Å². The molecule has 0 aliphatic heterocycles. The predicted octanol–water partition coefficient (Wildman–Crippen LogP) is 3.30. The number of esters is 1. The van der Waals surface area contributed by atoms with Crippen molar-refractivity contribution >= 4 is 21.9 Å². The van der Waals surface area contributed by atoms with E-state index in [1.54, 1.807) is 12.3 Å². The van der Waals surface area contributed by atoms with Gasteiger partial charge in [0, 0.05) is 16.9 Å². The number of rotatable bonds is 2. The second kappa shape index (κ2) is 5.10. The highest BCUT2D eigenvalue weighted by molar-refractivity contribution is 9.10. The highest BCUT2D eigenvalue weighted by Gasteiger charge is 2.12. The minimum absolute atomic E-state index is 0.381. The van der Waals surface area contributed by atoms with Gasteiger partial charge in [-0.1, -0.05) is 28.1 Å². The summed E-state index contributed by atoms with van der Waals surface area (Å²) in [5.74, 6) is -0.381. The first-order valence-electron chi connectivity index (χ1n) is 5.00. The summed E-state index contributed by atoms with van der Waals surface area (Å²) in [6, 6.07) is 9.53. The molecule has 3 nitrogen and oxygen atoms in total. The van der Waals surface area contributed by atoms with E-state index < -0.39 is 0 Å². The summed E-state index contributed by atoms with van der Waals surface area (Å²) in [6.07, 6.45) is 3.17. The smallest absolute Gasteiger partial charge is 0.340 e. The average Bonchev–Trinajstić information content (AvgIpc) is 2.38. The van der Waals surface area contributed by atoms with E-state index in [0.29, 0.717) is 5.56 Å². The minimum Gasteiger partial charge on any atom is -0.465 e. The summed E-state index contributed by atoms with van der Waals surface area (Å²) < 4.78 is 5.70. The molecule has 1 aromatic carbocycles. The van der Waals surface area contributed by atoms with Crippen LogP contribution in [0.3, 0.4) is 0 Å². The summed E-state index contributed by atoms with van der Waals surface area (Å²) in [6.45, 7) is 0. The Labute approximate surface area is 108 Å². The first-order valence-corrected chi connectivity index (χ1v) is 5.80. The van der Waals surface area contributed by atoms with Gasteiger partial charge in [-0.2, -0.15) is 0 Å². The van der Waals surface area contributed by atoms with Crippen LogP contribution in [-0.4, -0.2) is 18.1 Å². The standard InChI is InChI=1S/C13H10BrNO2/c1-17-13(16)12-8-15-6-5-11(12)9-3-2-4-10(14)7-9/h2-8H,1H3. The number of carbonyl (C=O) groups is 1. The van der Waals surface area contributed by atoms with Gasteiger partial charge in [-0.3, -0.25) is 4.98 Å². The van der Waals surface area contributed by atoms with E-state index >= 15 is 0 Å². The lowest BCUT2D eigenvalue weighted by Gasteiger charge is -2.07. The van der Waals surface area contributed by atoms with Crippen molar-refractivity contribution < 1.29 is 9.53 Å². The maximum absolute atomic E-state index is 11.6. The number of hydrogen-bond acceptors (Lipinski definition) is 3. The molecule has 4 heteroatoms. The Balaban J connectivity index is 2.55. The van der Waals surface area contributed by atoms with Crippen LogP contribution < -0.4 is 0 Å². The first kappa shape index (κ1) is 11.8. The Kier molecular flexibility index (Phi) is 3.54. The van der Waals surface area contributed by atoms with E-state index in [2.05, 4.69) is 20.9 Å². The average molecular weight is 292 g/mol. The maximum Gasteiger partial charge on any atom is 0.340 e. The normalized spacial score (nSPS) is 10.0. The molecule has 0 saturated carbocycles. The third-order valence-corrected chi connectivity index (χ3v) is 2.86. The molecule has 0 radical (unpaired) electrons. The SMILES string of the molecule is COC(=O)c1cnccc1-c1cccc(Br)c1. The van der Waals surface area contributed by atoms with Crippen LogP contribution >= 0.6 is 15.9 Å². The van der Waals surface area contributed by atoms with E-state index in [0.717, 1.165) is 15.6 Å². The Morgan fingerprint density at radius 3 is 2.88 bits per heavy atom. The van der Waals surface area contributed by atoms with Crippen molar-refractivity contribution in [3.05, 3.63) is 52.8 Å². The molecule has 0 aliphatic carbocycles. The van der Waals surface area contributed by atoms with Gasteiger partial charge in [0.25, 0.3) is 0 Å². The molecular weight excluding hydrogens is 282 g/mol. The highest BCUT2D eigenvalue weighted by Crippen LogP contribution is 2.26. The molecular formula is C13H10BrNO2. The third-order valence-electron chi connectivity index (χ3n) is 2.36. The monoisotopic (exact) mass is 291 g/mol. The zero-order valence-electron chi connectivity index (χ0n) is 9.18. The Bertz CT molecular complexity index is 555. The van der Waals surface area contributed by atoms with Crippen molar-refractivity contribution in [2.24, 2.45) is 0 Å². The number of benzene rings is 1. The minimum atomic E-state index is -0.381. The molecule has 2 rings (SSSR count). The molecule has 17 heavy (non-hydrogen) atoms. The molecule has 1 heterocycles. The molecule has 0 unspecified atom stereocenters. The van der Waals surface area contributed by atoms with Gasteiger partial charge in [-0.25, -0.2) is 4.79 Å². The molecule has 86 valence electrons. The van der Waals surface area contributed by atoms with Gasteiger partial charge < -0.3 is 4.74 Å². The summed E-state index contributed by atoms with van der Waals surface area (Å²) in [5.41, 5.74) is 2.23. The zero-order valence-corrected chi connectivity index (χ0v) is 10.8. The highest BCUT2D eigenvalue weighted by atomic mass is 79.9. The van der Waals surface area contributed by atoms with Gasteiger partial charge in [0.15, 0.2) is 0 Å². The number of halogens is 1. The number of nitrogens with zero attached hydrogens (tertiary/aromatic N) is 1. The lowest BCUT2D eigenvalue weighted by atomic mass is 10.0. The van der Waals surface area contributed by atoms with Gasteiger partial charge in [0.2, 0.25) is 0 Å². The number of aromatic nitrogens is 1. The van der Waals surface area contributed by atoms with E-state index in [4.69, 9.17) is 4.74 Å². The molecule has 0 aliphatic rings. The van der Waals surface area contributed by atoms with Crippen molar-refractivity contribution in [2.75, 3.05) is 7.11 Å². The van der Waals surface area contributed by atoms with Crippen molar-refractivity contribution in [3.63, 3.8) is 0 Å². The van der Waals surface area contributed by atoms with Crippen LogP contribution in [0.4, 0.5) is 0 Å². The van der Waals surface area contributed by atoms with Crippen LogP contribution in [0.15, 0.2) is 47.2 Å². The zero-order chi connectivity index (χ0) is 12.3. The van der Waals surface area contributed by atoms with Crippen molar-refractivity contribution in [2.45, 2.75) is 0 Å². The fourth-order valence-corrected chi connectivity index (χ4v) is 1.97. The molecule has 1 aromatic heterocycles. The Morgan fingerprint density at radius 2 is 2.18 bits per heavy atom. The second-order valence-corrected chi connectivity index (χ2v) is 4.34. The second-order valence-electron chi connectivity index (χ2n) is 3.42. The Hall–Kier alpha value is -1.68. The van der Waals surface area contributed by atoms with Gasteiger partial charge in [-0.15, -0.1) is 0 Å². The molecule has 0 saturated heterocycles. The van der Waals surface area contributed by atoms with Crippen molar-refractivity contribution in [1.82, 2.24) is 4.98 Å². The Morgan fingerprint density at radius 1 is 1.35 bits per heavy atom. The summed E-state index contributed by atoms with van der Waals surface area (Å²) in [7, 11) is 1.36. The number of hydrogen-bond donors (Lipinski definition) is 0. The fourth-order valence-electron chi connectivity index (χ4n) is 1.57. The van der Waals surface area contributed by atoms with E-state index in [1.807, 2.05) is 24.3 Å². The predicted molar refractivity (Wildman–Crippen MR) is 68.7 cm³/mol. The molecule has 0 spiro atoms. The number of carbonyl (C=O) groups excluding carboxylic acids is 1. The van der Waals surface area contributed by atoms with Crippen LogP contribution in [0.25, 0.3) is 11.1 Å². The van der Waals surface area contributed by atoms with E-state index in [1.165, 1.54) is 13.3 Å².